The second-order valence-electron chi connectivity index (χ2n) is 5.12. The summed E-state index contributed by atoms with van der Waals surface area (Å²) in [6, 6.07) is 15.1. The first-order valence-electron chi connectivity index (χ1n) is 7.36. The van der Waals surface area contributed by atoms with E-state index in [1.165, 1.54) is 13.3 Å². The highest BCUT2D eigenvalue weighted by Crippen LogP contribution is 2.20. The first-order valence-corrected chi connectivity index (χ1v) is 7.36. The molecule has 0 aliphatic carbocycles. The van der Waals surface area contributed by atoms with Crippen molar-refractivity contribution in [3.05, 3.63) is 66.7 Å². The van der Waals surface area contributed by atoms with Gasteiger partial charge in [-0.1, -0.05) is 12.1 Å². The zero-order chi connectivity index (χ0) is 16.8. The quantitative estimate of drug-likeness (QED) is 0.554. The number of nitrogens with one attached hydrogen (secondary N) is 2. The topological polar surface area (TPSA) is 79.5 Å². The Balaban J connectivity index is 1.58. The Hall–Kier alpha value is -3.41. The van der Waals surface area contributed by atoms with Gasteiger partial charge < -0.3 is 9.73 Å². The van der Waals surface area contributed by atoms with Gasteiger partial charge in [-0.15, -0.1) is 0 Å². The Labute approximate surface area is 139 Å². The van der Waals surface area contributed by atoms with Crippen LogP contribution in [0.1, 0.15) is 12.5 Å². The van der Waals surface area contributed by atoms with E-state index in [0.29, 0.717) is 0 Å². The van der Waals surface area contributed by atoms with Crippen molar-refractivity contribution in [3.63, 3.8) is 0 Å². The van der Waals surface area contributed by atoms with Crippen LogP contribution in [0.5, 0.6) is 0 Å². The summed E-state index contributed by atoms with van der Waals surface area (Å²) in [6.45, 7) is 1.48. The van der Waals surface area contributed by atoms with E-state index < -0.39 is 0 Å². The largest absolute Gasteiger partial charge is 0.444 e. The number of hydrogen-bond acceptors (Lipinski definition) is 5. The maximum absolute atomic E-state index is 11.0. The lowest BCUT2D eigenvalue weighted by Crippen LogP contribution is -2.05. The Morgan fingerprint density at radius 1 is 1.08 bits per heavy atom. The van der Waals surface area contributed by atoms with Gasteiger partial charge in [0.05, 0.1) is 18.1 Å². The Kier molecular flexibility index (Phi) is 4.67. The number of anilines is 2. The van der Waals surface area contributed by atoms with Gasteiger partial charge in [0.25, 0.3) is 0 Å². The monoisotopic (exact) mass is 320 g/mol. The van der Waals surface area contributed by atoms with Crippen molar-refractivity contribution in [2.75, 3.05) is 10.7 Å². The number of carbonyl (C=O) groups is 1. The molecule has 0 unspecified atom stereocenters. The van der Waals surface area contributed by atoms with E-state index >= 15 is 0 Å². The molecule has 120 valence electrons. The predicted molar refractivity (Wildman–Crippen MR) is 93.9 cm³/mol. The summed E-state index contributed by atoms with van der Waals surface area (Å²) in [4.78, 5) is 14.9. The third-order valence-electron chi connectivity index (χ3n) is 3.24. The lowest BCUT2D eigenvalue weighted by atomic mass is 10.2. The highest BCUT2D eigenvalue weighted by molar-refractivity contribution is 5.89. The van der Waals surface area contributed by atoms with E-state index in [1.54, 1.807) is 12.4 Å². The number of carbonyl (C=O) groups excluding carboxylic acids is 1. The molecule has 2 N–H and O–H groups in total. The fraction of sp³-hybridized carbons (Fsp3) is 0.0556. The van der Waals surface area contributed by atoms with Crippen LogP contribution in [0.4, 0.5) is 11.4 Å². The highest BCUT2D eigenvalue weighted by Gasteiger charge is 2.00. The average Bonchev–Trinajstić information content (AvgIpc) is 3.11. The molecule has 24 heavy (non-hydrogen) atoms. The van der Waals surface area contributed by atoms with Crippen molar-refractivity contribution in [1.82, 2.24) is 4.98 Å². The first kappa shape index (κ1) is 15.5. The molecule has 0 radical (unpaired) electrons. The van der Waals surface area contributed by atoms with Crippen molar-refractivity contribution in [2.45, 2.75) is 6.92 Å². The zero-order valence-corrected chi connectivity index (χ0v) is 13.1. The molecule has 6 heteroatoms. The molecule has 0 atom stereocenters. The fourth-order valence-electron chi connectivity index (χ4n) is 2.10. The van der Waals surface area contributed by atoms with Gasteiger partial charge in [-0.05, 0) is 42.0 Å². The summed E-state index contributed by atoms with van der Waals surface area (Å²) in [5.41, 5.74) is 6.47. The molecule has 0 saturated carbocycles. The van der Waals surface area contributed by atoms with Gasteiger partial charge >= 0.3 is 0 Å². The molecule has 0 aliphatic heterocycles. The minimum absolute atomic E-state index is 0.0909. The first-order chi connectivity index (χ1) is 11.7. The minimum atomic E-state index is -0.0909. The molecular weight excluding hydrogens is 304 g/mol. The van der Waals surface area contributed by atoms with E-state index in [0.717, 1.165) is 28.3 Å². The third-order valence-corrected chi connectivity index (χ3v) is 3.24. The molecule has 1 heterocycles. The maximum Gasteiger partial charge on any atom is 0.221 e. The summed E-state index contributed by atoms with van der Waals surface area (Å²) >= 11 is 0. The van der Waals surface area contributed by atoms with Crippen LogP contribution in [0.15, 0.2) is 70.6 Å². The van der Waals surface area contributed by atoms with Crippen LogP contribution in [0.2, 0.25) is 0 Å². The number of amides is 1. The summed E-state index contributed by atoms with van der Waals surface area (Å²) in [5, 5.41) is 6.92. The Morgan fingerprint density at radius 3 is 2.42 bits per heavy atom. The van der Waals surface area contributed by atoms with E-state index in [9.17, 15) is 4.79 Å². The summed E-state index contributed by atoms with van der Waals surface area (Å²) < 4.78 is 5.24. The lowest BCUT2D eigenvalue weighted by Gasteiger charge is -2.03. The van der Waals surface area contributed by atoms with Crippen molar-refractivity contribution in [1.29, 1.82) is 0 Å². The Morgan fingerprint density at radius 2 is 1.79 bits per heavy atom. The molecule has 1 aromatic heterocycles. The summed E-state index contributed by atoms with van der Waals surface area (Å²) in [5.74, 6) is 0.635. The third kappa shape index (κ3) is 4.07. The molecule has 0 aliphatic rings. The number of rotatable bonds is 5. The van der Waals surface area contributed by atoms with Crippen LogP contribution in [0.3, 0.4) is 0 Å². The molecule has 0 spiro atoms. The van der Waals surface area contributed by atoms with Crippen LogP contribution in [-0.2, 0) is 4.79 Å². The molecule has 1 amide bonds. The number of oxazole rings is 1. The molecule has 0 saturated heterocycles. The van der Waals surface area contributed by atoms with Gasteiger partial charge in [-0.2, -0.15) is 5.10 Å². The lowest BCUT2D eigenvalue weighted by molar-refractivity contribution is -0.114. The van der Waals surface area contributed by atoms with Crippen LogP contribution in [-0.4, -0.2) is 17.1 Å². The predicted octanol–water partition coefficient (Wildman–Crippen LogP) is 3.75. The number of aromatic nitrogens is 1. The number of hydrazone groups is 1. The molecule has 3 rings (SSSR count). The van der Waals surface area contributed by atoms with Gasteiger partial charge in [0, 0.05) is 18.2 Å². The number of hydrogen-bond donors (Lipinski definition) is 2. The van der Waals surface area contributed by atoms with Gasteiger partial charge in [-0.25, -0.2) is 4.98 Å². The number of benzene rings is 2. The van der Waals surface area contributed by atoms with Gasteiger partial charge in [0.15, 0.2) is 12.2 Å². The second-order valence-corrected chi connectivity index (χ2v) is 5.12. The van der Waals surface area contributed by atoms with Crippen LogP contribution in [0, 0.1) is 0 Å². The van der Waals surface area contributed by atoms with E-state index in [1.807, 2.05) is 48.5 Å². The zero-order valence-electron chi connectivity index (χ0n) is 13.1. The molecule has 2 aromatic carbocycles. The SMILES string of the molecule is CC(=O)Nc1ccc(/C=N/Nc2ccc(-c3cnco3)cc2)cc1. The summed E-state index contributed by atoms with van der Waals surface area (Å²) in [6.07, 6.45) is 4.79. The van der Waals surface area contributed by atoms with Crippen LogP contribution < -0.4 is 10.7 Å². The molecule has 6 nitrogen and oxygen atoms in total. The van der Waals surface area contributed by atoms with E-state index in [4.69, 9.17) is 4.42 Å². The fourth-order valence-corrected chi connectivity index (χ4v) is 2.10. The second kappa shape index (κ2) is 7.23. The normalized spacial score (nSPS) is 10.7. The average molecular weight is 320 g/mol. The van der Waals surface area contributed by atoms with Crippen LogP contribution in [0.25, 0.3) is 11.3 Å². The maximum atomic E-state index is 11.0. The van der Waals surface area contributed by atoms with Crippen molar-refractivity contribution in [2.24, 2.45) is 5.10 Å². The van der Waals surface area contributed by atoms with Crippen molar-refractivity contribution >= 4 is 23.5 Å². The van der Waals surface area contributed by atoms with Crippen molar-refractivity contribution in [3.8, 4) is 11.3 Å². The Bertz CT molecular complexity index is 822. The smallest absolute Gasteiger partial charge is 0.221 e. The van der Waals surface area contributed by atoms with E-state index in [-0.39, 0.29) is 5.91 Å². The minimum Gasteiger partial charge on any atom is -0.444 e. The van der Waals surface area contributed by atoms with Gasteiger partial charge in [0.1, 0.15) is 0 Å². The van der Waals surface area contributed by atoms with Gasteiger partial charge in [0.2, 0.25) is 5.91 Å². The molecule has 3 aromatic rings. The standard InChI is InChI=1S/C18H16N4O2/c1-13(23)21-16-6-2-14(3-7-16)10-20-22-17-8-4-15(5-9-17)18-11-19-12-24-18/h2-12,22H,1H3,(H,21,23)/b20-10+. The molecule has 0 fully saturated rings. The van der Waals surface area contributed by atoms with E-state index in [2.05, 4.69) is 20.8 Å². The van der Waals surface area contributed by atoms with Crippen LogP contribution >= 0.6 is 0 Å². The molecule has 0 bridgehead atoms. The highest BCUT2D eigenvalue weighted by atomic mass is 16.3. The molecular formula is C18H16N4O2. The summed E-state index contributed by atoms with van der Waals surface area (Å²) in [7, 11) is 0. The number of nitrogens with zero attached hydrogens (tertiary/aromatic N) is 2. The van der Waals surface area contributed by atoms with Crippen molar-refractivity contribution < 1.29 is 9.21 Å². The van der Waals surface area contributed by atoms with Gasteiger partial charge in [-0.3, -0.25) is 10.2 Å².